The minimum atomic E-state index is -0.622. The number of carbonyl (C=O) groups excluding carboxylic acids is 1. The van der Waals surface area contributed by atoms with Crippen molar-refractivity contribution in [3.05, 3.63) is 68.6 Å². The molecule has 5 nitrogen and oxygen atoms in total. The lowest BCUT2D eigenvalue weighted by Gasteiger charge is -2.10. The zero-order valence-corrected chi connectivity index (χ0v) is 14.2. The van der Waals surface area contributed by atoms with Gasteiger partial charge in [0.15, 0.2) is 5.69 Å². The van der Waals surface area contributed by atoms with Crippen molar-refractivity contribution >= 4 is 28.3 Å². The van der Waals surface area contributed by atoms with Crippen LogP contribution in [0.1, 0.15) is 21.6 Å². The van der Waals surface area contributed by atoms with Gasteiger partial charge in [0.2, 0.25) is 0 Å². The third-order valence-corrected chi connectivity index (χ3v) is 4.37. The van der Waals surface area contributed by atoms with E-state index < -0.39 is 5.97 Å². The molecule has 3 aromatic rings. The summed E-state index contributed by atoms with van der Waals surface area (Å²) in [6.07, 6.45) is 0. The van der Waals surface area contributed by atoms with Crippen molar-refractivity contribution in [2.75, 3.05) is 0 Å². The number of halogens is 1. The molecule has 0 unspecified atom stereocenters. The highest BCUT2D eigenvalue weighted by molar-refractivity contribution is 6.32. The molecule has 0 N–H and O–H groups in total. The standard InChI is InChI=1S/C18H15ClN2O3/c1-10-8-12(9-11(2)15(10)19)24-18(23)16-13-6-4-5-7-14(13)17(22)21(3)20-16/h4-9H,1-3H3. The molecule has 0 bridgehead atoms. The second-order valence-electron chi connectivity index (χ2n) is 5.58. The van der Waals surface area contributed by atoms with Gasteiger partial charge in [0.25, 0.3) is 5.56 Å². The van der Waals surface area contributed by atoms with Crippen molar-refractivity contribution in [3.63, 3.8) is 0 Å². The highest BCUT2D eigenvalue weighted by Gasteiger charge is 2.18. The fourth-order valence-electron chi connectivity index (χ4n) is 2.57. The quantitative estimate of drug-likeness (QED) is 0.529. The van der Waals surface area contributed by atoms with Crippen LogP contribution in [0.2, 0.25) is 5.02 Å². The number of carbonyl (C=O) groups is 1. The summed E-state index contributed by atoms with van der Waals surface area (Å²) in [5.41, 5.74) is 1.47. The van der Waals surface area contributed by atoms with Crippen LogP contribution in [0.15, 0.2) is 41.2 Å². The third-order valence-electron chi connectivity index (χ3n) is 3.77. The van der Waals surface area contributed by atoms with Gasteiger partial charge in [-0.3, -0.25) is 4.79 Å². The molecule has 0 aliphatic carbocycles. The molecule has 0 spiro atoms. The van der Waals surface area contributed by atoms with Crippen LogP contribution in [0.4, 0.5) is 0 Å². The van der Waals surface area contributed by atoms with Gasteiger partial charge in [0.05, 0.1) is 5.39 Å². The van der Waals surface area contributed by atoms with Crippen molar-refractivity contribution < 1.29 is 9.53 Å². The molecule has 0 radical (unpaired) electrons. The van der Waals surface area contributed by atoms with Gasteiger partial charge in [-0.1, -0.05) is 29.8 Å². The lowest BCUT2D eigenvalue weighted by atomic mass is 10.1. The summed E-state index contributed by atoms with van der Waals surface area (Å²) in [7, 11) is 1.50. The number of esters is 1. The van der Waals surface area contributed by atoms with Crippen LogP contribution >= 0.6 is 11.6 Å². The second kappa shape index (κ2) is 6.09. The highest BCUT2D eigenvalue weighted by Crippen LogP contribution is 2.26. The summed E-state index contributed by atoms with van der Waals surface area (Å²) in [6.45, 7) is 3.68. The number of aryl methyl sites for hydroxylation is 3. The van der Waals surface area contributed by atoms with Crippen molar-refractivity contribution in [2.45, 2.75) is 13.8 Å². The fourth-order valence-corrected chi connectivity index (χ4v) is 2.68. The maximum Gasteiger partial charge on any atom is 0.364 e. The third kappa shape index (κ3) is 2.78. The van der Waals surface area contributed by atoms with E-state index in [4.69, 9.17) is 16.3 Å². The van der Waals surface area contributed by atoms with Gasteiger partial charge >= 0.3 is 5.97 Å². The Morgan fingerprint density at radius 1 is 1.12 bits per heavy atom. The van der Waals surface area contributed by atoms with Gasteiger partial charge in [0, 0.05) is 17.5 Å². The Balaban J connectivity index is 2.07. The predicted octanol–water partition coefficient (Wildman–Crippen LogP) is 3.42. The zero-order chi connectivity index (χ0) is 17.4. The van der Waals surface area contributed by atoms with Crippen LogP contribution < -0.4 is 10.3 Å². The first-order valence-corrected chi connectivity index (χ1v) is 7.71. The topological polar surface area (TPSA) is 61.2 Å². The van der Waals surface area contributed by atoms with E-state index in [9.17, 15) is 9.59 Å². The van der Waals surface area contributed by atoms with Gasteiger partial charge in [-0.05, 0) is 43.2 Å². The van der Waals surface area contributed by atoms with Gasteiger partial charge in [0.1, 0.15) is 5.75 Å². The summed E-state index contributed by atoms with van der Waals surface area (Å²) < 4.78 is 6.58. The van der Waals surface area contributed by atoms with Crippen LogP contribution in [0.5, 0.6) is 5.75 Å². The fraction of sp³-hybridized carbons (Fsp3) is 0.167. The SMILES string of the molecule is Cc1cc(OC(=O)c2nn(C)c(=O)c3ccccc23)cc(C)c1Cl. The van der Waals surface area contributed by atoms with Crippen LogP contribution in [0.25, 0.3) is 10.8 Å². The number of nitrogens with zero attached hydrogens (tertiary/aromatic N) is 2. The van der Waals surface area contributed by atoms with E-state index in [0.717, 1.165) is 15.8 Å². The molecule has 24 heavy (non-hydrogen) atoms. The van der Waals surface area contributed by atoms with Crippen molar-refractivity contribution in [2.24, 2.45) is 7.05 Å². The summed E-state index contributed by atoms with van der Waals surface area (Å²) in [4.78, 5) is 24.7. The van der Waals surface area contributed by atoms with Crippen LogP contribution in [0, 0.1) is 13.8 Å². The number of hydrogen-bond donors (Lipinski definition) is 0. The van der Waals surface area contributed by atoms with E-state index >= 15 is 0 Å². The van der Waals surface area contributed by atoms with Crippen molar-refractivity contribution in [1.82, 2.24) is 9.78 Å². The van der Waals surface area contributed by atoms with Crippen LogP contribution in [0.3, 0.4) is 0 Å². The van der Waals surface area contributed by atoms with Crippen LogP contribution in [-0.2, 0) is 7.05 Å². The first-order chi connectivity index (χ1) is 11.4. The summed E-state index contributed by atoms with van der Waals surface area (Å²) in [6, 6.07) is 10.2. The number of hydrogen-bond acceptors (Lipinski definition) is 4. The molecule has 6 heteroatoms. The predicted molar refractivity (Wildman–Crippen MR) is 92.9 cm³/mol. The molecule has 1 aromatic heterocycles. The summed E-state index contributed by atoms with van der Waals surface area (Å²) in [5, 5.41) is 5.59. The molecule has 0 aliphatic heterocycles. The Morgan fingerprint density at radius 2 is 1.71 bits per heavy atom. The van der Waals surface area contributed by atoms with E-state index in [2.05, 4.69) is 5.10 Å². The van der Waals surface area contributed by atoms with E-state index in [1.807, 2.05) is 13.8 Å². The Morgan fingerprint density at radius 3 is 2.33 bits per heavy atom. The first-order valence-electron chi connectivity index (χ1n) is 7.33. The largest absolute Gasteiger partial charge is 0.422 e. The molecule has 0 amide bonds. The maximum atomic E-state index is 12.6. The lowest BCUT2D eigenvalue weighted by molar-refractivity contribution is 0.0728. The molecule has 122 valence electrons. The Bertz CT molecular complexity index is 1000. The van der Waals surface area contributed by atoms with Gasteiger partial charge in [-0.15, -0.1) is 0 Å². The Kier molecular flexibility index (Phi) is 4.11. The summed E-state index contributed by atoms with van der Waals surface area (Å²) in [5.74, 6) is -0.234. The Hall–Kier alpha value is -2.66. The molecule has 2 aromatic carbocycles. The summed E-state index contributed by atoms with van der Waals surface area (Å²) >= 11 is 6.13. The smallest absolute Gasteiger partial charge is 0.364 e. The van der Waals surface area contributed by atoms with Gasteiger partial charge in [-0.25, -0.2) is 9.48 Å². The van der Waals surface area contributed by atoms with Crippen molar-refractivity contribution in [1.29, 1.82) is 0 Å². The number of benzene rings is 2. The number of fused-ring (bicyclic) bond motifs is 1. The monoisotopic (exact) mass is 342 g/mol. The average molecular weight is 343 g/mol. The number of ether oxygens (including phenoxy) is 1. The molecule has 0 saturated carbocycles. The van der Waals surface area contributed by atoms with E-state index in [-0.39, 0.29) is 11.3 Å². The molecule has 0 aliphatic rings. The zero-order valence-electron chi connectivity index (χ0n) is 13.5. The van der Waals surface area contributed by atoms with Crippen molar-refractivity contribution in [3.8, 4) is 5.75 Å². The second-order valence-corrected chi connectivity index (χ2v) is 5.96. The molecule has 1 heterocycles. The lowest BCUT2D eigenvalue weighted by Crippen LogP contribution is -2.24. The molecular formula is C18H15ClN2O3. The van der Waals surface area contributed by atoms with E-state index in [1.54, 1.807) is 36.4 Å². The number of aromatic nitrogens is 2. The number of rotatable bonds is 2. The molecule has 0 saturated heterocycles. The molecule has 0 fully saturated rings. The minimum Gasteiger partial charge on any atom is -0.422 e. The maximum absolute atomic E-state index is 12.6. The average Bonchev–Trinajstić information content (AvgIpc) is 2.55. The first kappa shape index (κ1) is 16.2. The molecular weight excluding hydrogens is 328 g/mol. The normalized spacial score (nSPS) is 10.8. The minimum absolute atomic E-state index is 0.0953. The highest BCUT2D eigenvalue weighted by atomic mass is 35.5. The van der Waals surface area contributed by atoms with E-state index in [1.165, 1.54) is 7.05 Å². The Labute approximate surface area is 143 Å². The van der Waals surface area contributed by atoms with Crippen LogP contribution in [-0.4, -0.2) is 15.7 Å². The van der Waals surface area contributed by atoms with Gasteiger partial charge < -0.3 is 4.74 Å². The molecule has 0 atom stereocenters. The molecule has 3 rings (SSSR count). The van der Waals surface area contributed by atoms with Gasteiger partial charge in [-0.2, -0.15) is 5.10 Å². The van der Waals surface area contributed by atoms with E-state index in [0.29, 0.717) is 21.5 Å².